The van der Waals surface area contributed by atoms with Crippen LogP contribution in [0.5, 0.6) is 0 Å². The van der Waals surface area contributed by atoms with Gasteiger partial charge < -0.3 is 19.7 Å². The number of anilines is 1. The van der Waals surface area contributed by atoms with Gasteiger partial charge in [-0.2, -0.15) is 5.26 Å². The van der Waals surface area contributed by atoms with Crippen LogP contribution in [0, 0.1) is 29.0 Å². The van der Waals surface area contributed by atoms with Gasteiger partial charge in [0.05, 0.1) is 23.4 Å². The Morgan fingerprint density at radius 2 is 1.62 bits per heavy atom. The molecule has 6 rings (SSSR count). The fraction of sp³-hybridized carbons (Fsp3) is 0.564. The van der Waals surface area contributed by atoms with E-state index in [-0.39, 0.29) is 36.5 Å². The summed E-state index contributed by atoms with van der Waals surface area (Å²) in [5, 5.41) is 13.0. The van der Waals surface area contributed by atoms with Crippen LogP contribution >= 0.6 is 0 Å². The summed E-state index contributed by atoms with van der Waals surface area (Å²) < 4.78 is 26.8. The number of ketones is 1. The van der Waals surface area contributed by atoms with Crippen LogP contribution in [0.3, 0.4) is 0 Å². The van der Waals surface area contributed by atoms with E-state index in [1.165, 1.54) is 6.07 Å². The molecule has 4 atom stereocenters. The maximum Gasteiger partial charge on any atom is 0.411 e. The Balaban J connectivity index is 1.14. The van der Waals surface area contributed by atoms with Crippen molar-refractivity contribution >= 4 is 29.6 Å². The first-order valence-corrected chi connectivity index (χ1v) is 17.6. The molecule has 0 radical (unpaired) electrons. The number of fused-ring (bicyclic) bond motifs is 4. The summed E-state index contributed by atoms with van der Waals surface area (Å²) >= 11 is 0. The molecule has 2 bridgehead atoms. The molecule has 0 aromatic heterocycles. The lowest BCUT2D eigenvalue weighted by Crippen LogP contribution is -2.51. The van der Waals surface area contributed by atoms with E-state index in [9.17, 15) is 24.4 Å². The number of hydrogen-bond donors (Lipinski definition) is 1. The summed E-state index contributed by atoms with van der Waals surface area (Å²) in [7, 11) is 0. The number of benzene rings is 2. The van der Waals surface area contributed by atoms with E-state index in [0.29, 0.717) is 42.7 Å². The van der Waals surface area contributed by atoms with Crippen LogP contribution in [-0.2, 0) is 30.9 Å². The standard InChI is InChI=1S/C39H47FN4O6/c1-37(2,3)49-35(47)43-15-13-39(14-16-43)29-20-24(10-12-31(29)42-34(39)46)25-7-8-26(30(40)21-25)17-23(22-41)18-32(45)33-27-9-11-28(19-27)44(33)36(48)50-38(4,5)6/h7-8,10,12,20-21,23,27-28,33H,9,11,13-19H2,1-6H3,(H,42,46)/t23-,27+,28-,33+/m1/s1. The van der Waals surface area contributed by atoms with Crippen molar-refractivity contribution in [3.05, 3.63) is 53.3 Å². The lowest BCUT2D eigenvalue weighted by molar-refractivity contribution is -0.126. The van der Waals surface area contributed by atoms with Crippen molar-refractivity contribution in [1.82, 2.24) is 9.80 Å². The topological polar surface area (TPSA) is 129 Å². The van der Waals surface area contributed by atoms with E-state index in [2.05, 4.69) is 11.4 Å². The fourth-order valence-electron chi connectivity index (χ4n) is 8.15. The lowest BCUT2D eigenvalue weighted by atomic mass is 9.73. The molecule has 10 nitrogen and oxygen atoms in total. The second-order valence-corrected chi connectivity index (χ2v) is 16.3. The molecule has 4 aliphatic rings. The smallest absolute Gasteiger partial charge is 0.411 e. The number of halogens is 1. The Labute approximate surface area is 293 Å². The van der Waals surface area contributed by atoms with Gasteiger partial charge in [0, 0.05) is 31.2 Å². The van der Waals surface area contributed by atoms with Gasteiger partial charge in [-0.1, -0.05) is 18.2 Å². The summed E-state index contributed by atoms with van der Waals surface area (Å²) in [5.41, 5.74) is 1.13. The SMILES string of the molecule is CC(C)(C)OC(=O)N1CCC2(CC1)C(=O)Nc1ccc(-c3ccc(C[C@@H](C#N)CC(=O)[C@@H]4[C@H]5CC[C@H](C5)N4C(=O)OC(C)(C)C)c(F)c3)cc12. The molecule has 1 aliphatic carbocycles. The van der Waals surface area contributed by atoms with Gasteiger partial charge >= 0.3 is 12.2 Å². The van der Waals surface area contributed by atoms with Gasteiger partial charge in [-0.05, 0) is 126 Å². The van der Waals surface area contributed by atoms with Crippen molar-refractivity contribution in [3.8, 4) is 17.2 Å². The molecule has 266 valence electrons. The molecule has 3 amide bonds. The predicted molar refractivity (Wildman–Crippen MR) is 185 cm³/mol. The van der Waals surface area contributed by atoms with E-state index in [1.807, 2.05) is 39.0 Å². The van der Waals surface area contributed by atoms with Crippen LogP contribution in [0.2, 0.25) is 0 Å². The molecule has 1 spiro atoms. The zero-order chi connectivity index (χ0) is 36.2. The highest BCUT2D eigenvalue weighted by Gasteiger charge is 2.52. The lowest BCUT2D eigenvalue weighted by Gasteiger charge is -2.38. The van der Waals surface area contributed by atoms with Gasteiger partial charge in [-0.25, -0.2) is 14.0 Å². The molecular weight excluding hydrogens is 639 g/mol. The van der Waals surface area contributed by atoms with Gasteiger partial charge in [-0.3, -0.25) is 14.5 Å². The third kappa shape index (κ3) is 6.94. The minimum atomic E-state index is -0.799. The Hall–Kier alpha value is -4.46. The van der Waals surface area contributed by atoms with E-state index < -0.39 is 46.6 Å². The number of piperidine rings is 2. The second kappa shape index (κ2) is 13.0. The molecule has 50 heavy (non-hydrogen) atoms. The third-order valence-corrected chi connectivity index (χ3v) is 10.5. The zero-order valence-electron chi connectivity index (χ0n) is 29.8. The summed E-state index contributed by atoms with van der Waals surface area (Å²) in [4.78, 5) is 55.8. The van der Waals surface area contributed by atoms with Crippen LogP contribution < -0.4 is 5.32 Å². The number of carbonyl (C=O) groups excluding carboxylic acids is 4. The monoisotopic (exact) mass is 686 g/mol. The first-order valence-electron chi connectivity index (χ1n) is 17.6. The molecule has 2 aromatic rings. The summed E-state index contributed by atoms with van der Waals surface area (Å²) in [5.74, 6) is -1.48. The van der Waals surface area contributed by atoms with Crippen molar-refractivity contribution in [2.75, 3.05) is 18.4 Å². The molecule has 3 aliphatic heterocycles. The highest BCUT2D eigenvalue weighted by Crippen LogP contribution is 2.47. The molecule has 1 saturated carbocycles. The molecule has 3 heterocycles. The first-order chi connectivity index (χ1) is 23.5. The van der Waals surface area contributed by atoms with Crippen LogP contribution in [0.15, 0.2) is 36.4 Å². The number of rotatable bonds is 6. The van der Waals surface area contributed by atoms with E-state index in [1.54, 1.807) is 42.7 Å². The molecule has 3 fully saturated rings. The molecule has 0 unspecified atom stereocenters. The normalized spacial score (nSPS) is 22.9. The van der Waals surface area contributed by atoms with E-state index >= 15 is 4.39 Å². The van der Waals surface area contributed by atoms with Crippen LogP contribution in [0.25, 0.3) is 11.1 Å². The van der Waals surface area contributed by atoms with Crippen LogP contribution in [0.4, 0.5) is 19.7 Å². The largest absolute Gasteiger partial charge is 0.444 e. The Morgan fingerprint density at radius 1 is 0.980 bits per heavy atom. The number of nitriles is 1. The average molecular weight is 687 g/mol. The van der Waals surface area contributed by atoms with Gasteiger partial charge in [0.1, 0.15) is 17.0 Å². The Morgan fingerprint density at radius 3 is 2.26 bits per heavy atom. The zero-order valence-corrected chi connectivity index (χ0v) is 29.8. The minimum Gasteiger partial charge on any atom is -0.444 e. The molecular formula is C39H47FN4O6. The Kier molecular flexibility index (Phi) is 9.21. The molecule has 1 N–H and O–H groups in total. The Bertz CT molecular complexity index is 1750. The van der Waals surface area contributed by atoms with Gasteiger partial charge in [0.2, 0.25) is 5.91 Å². The molecule has 2 aromatic carbocycles. The number of nitrogens with zero attached hydrogens (tertiary/aromatic N) is 3. The van der Waals surface area contributed by atoms with Crippen LogP contribution in [0.1, 0.15) is 91.2 Å². The first kappa shape index (κ1) is 35.4. The third-order valence-electron chi connectivity index (χ3n) is 10.5. The highest BCUT2D eigenvalue weighted by atomic mass is 19.1. The second-order valence-electron chi connectivity index (χ2n) is 16.3. The average Bonchev–Trinajstić information content (AvgIpc) is 3.73. The van der Waals surface area contributed by atoms with Crippen molar-refractivity contribution in [2.24, 2.45) is 11.8 Å². The number of ether oxygens (including phenoxy) is 2. The maximum absolute atomic E-state index is 15.7. The number of likely N-dealkylation sites (tertiary alicyclic amines) is 2. The van der Waals surface area contributed by atoms with Crippen LogP contribution in [-0.4, -0.2) is 70.1 Å². The van der Waals surface area contributed by atoms with Crippen molar-refractivity contribution < 1.29 is 33.0 Å². The maximum atomic E-state index is 15.7. The number of carbonyl (C=O) groups is 4. The predicted octanol–water partition coefficient (Wildman–Crippen LogP) is 7.14. The van der Waals surface area contributed by atoms with Crippen molar-refractivity contribution in [2.45, 2.75) is 115 Å². The molecule has 2 saturated heterocycles. The summed E-state index contributed by atoms with van der Waals surface area (Å²) in [6, 6.07) is 12.0. The van der Waals surface area contributed by atoms with Gasteiger partial charge in [0.25, 0.3) is 0 Å². The quantitative estimate of drug-likeness (QED) is 0.342. The molecule has 11 heteroatoms. The number of amides is 3. The number of Topliss-reactive ketones (excluding diaryl/α,β-unsaturated/α-hetero) is 1. The van der Waals surface area contributed by atoms with Gasteiger partial charge in [0.15, 0.2) is 5.78 Å². The van der Waals surface area contributed by atoms with Gasteiger partial charge in [-0.15, -0.1) is 0 Å². The number of hydrogen-bond acceptors (Lipinski definition) is 7. The van der Waals surface area contributed by atoms with Crippen molar-refractivity contribution in [3.63, 3.8) is 0 Å². The van der Waals surface area contributed by atoms with E-state index in [4.69, 9.17) is 9.47 Å². The highest BCUT2D eigenvalue weighted by molar-refractivity contribution is 6.07. The van der Waals surface area contributed by atoms with E-state index in [0.717, 1.165) is 30.4 Å². The minimum absolute atomic E-state index is 0.0395. The summed E-state index contributed by atoms with van der Waals surface area (Å²) in [6.07, 6.45) is 2.40. The fourth-order valence-corrected chi connectivity index (χ4v) is 8.15. The van der Waals surface area contributed by atoms with Crippen molar-refractivity contribution in [1.29, 1.82) is 5.26 Å². The number of nitrogens with one attached hydrogen (secondary N) is 1. The summed E-state index contributed by atoms with van der Waals surface area (Å²) in [6.45, 7) is 11.6.